The third-order valence-corrected chi connectivity index (χ3v) is 11.3. The van der Waals surface area contributed by atoms with Crippen molar-refractivity contribution >= 4 is 17.5 Å². The van der Waals surface area contributed by atoms with E-state index in [1.165, 1.54) is 13.2 Å². The maximum Gasteiger partial charge on any atom is 0.331 e. The molecule has 40 heavy (non-hydrogen) atoms. The lowest BCUT2D eigenvalue weighted by Gasteiger charge is -2.64. The summed E-state index contributed by atoms with van der Waals surface area (Å²) in [4.78, 5) is 38.6. The van der Waals surface area contributed by atoms with Crippen LogP contribution in [0.4, 0.5) is 0 Å². The van der Waals surface area contributed by atoms with E-state index in [1.807, 2.05) is 13.8 Å². The Morgan fingerprint density at radius 1 is 1.07 bits per heavy atom. The number of aliphatic hydroxyl groups is 3. The van der Waals surface area contributed by atoms with Gasteiger partial charge in [-0.1, -0.05) is 13.0 Å². The van der Waals surface area contributed by atoms with E-state index >= 15 is 0 Å². The van der Waals surface area contributed by atoms with Crippen molar-refractivity contribution in [2.24, 2.45) is 28.6 Å². The number of carbonyl (C=O) groups excluding carboxylic acids is 3. The topological polar surface area (TPSA) is 149 Å². The number of cyclic esters (lactones) is 1. The van der Waals surface area contributed by atoms with Crippen molar-refractivity contribution in [2.75, 3.05) is 13.7 Å². The van der Waals surface area contributed by atoms with Crippen molar-refractivity contribution in [1.29, 1.82) is 0 Å². The molecular formula is C30H40O10. The molecular weight excluding hydrogens is 520 g/mol. The number of esters is 1. The highest BCUT2D eigenvalue weighted by Gasteiger charge is 2.73. The third kappa shape index (κ3) is 3.79. The first-order chi connectivity index (χ1) is 18.8. The number of ether oxygens (including phenoxy) is 4. The first-order valence-corrected chi connectivity index (χ1v) is 14.4. The second-order valence-electron chi connectivity index (χ2n) is 13.2. The predicted molar refractivity (Wildman–Crippen MR) is 138 cm³/mol. The predicted octanol–water partition coefficient (Wildman–Crippen LogP) is 1.39. The average molecular weight is 561 g/mol. The summed E-state index contributed by atoms with van der Waals surface area (Å²) < 4.78 is 22.4. The zero-order valence-electron chi connectivity index (χ0n) is 23.5. The van der Waals surface area contributed by atoms with Gasteiger partial charge in [0, 0.05) is 31.1 Å². The summed E-state index contributed by atoms with van der Waals surface area (Å²) >= 11 is 0. The van der Waals surface area contributed by atoms with Gasteiger partial charge in [-0.15, -0.1) is 0 Å². The fourth-order valence-electron chi connectivity index (χ4n) is 9.16. The molecule has 4 fully saturated rings. The molecule has 0 bridgehead atoms. The van der Waals surface area contributed by atoms with E-state index in [0.29, 0.717) is 36.8 Å². The molecule has 0 spiro atoms. The van der Waals surface area contributed by atoms with Crippen molar-refractivity contribution in [3.8, 4) is 0 Å². The Balaban J connectivity index is 1.26. The number of hydrogen-bond acceptors (Lipinski definition) is 10. The molecule has 0 amide bonds. The minimum Gasteiger partial charge on any atom is -0.458 e. The Hall–Kier alpha value is -1.95. The van der Waals surface area contributed by atoms with Gasteiger partial charge in [0.15, 0.2) is 5.78 Å². The molecule has 2 heterocycles. The van der Waals surface area contributed by atoms with E-state index in [-0.39, 0.29) is 43.4 Å². The molecule has 0 aromatic rings. The Morgan fingerprint density at radius 2 is 1.82 bits per heavy atom. The Kier molecular flexibility index (Phi) is 6.72. The SMILES string of the molecule is COC1CC(C)OC(OC2CCC3(C)C(C2)C(O)CC2C3C(O)C(=O)C3(C)C(C4=CC(=O)OC4)=CCC23O)C1=O. The lowest BCUT2D eigenvalue weighted by molar-refractivity contribution is -0.256. The zero-order valence-corrected chi connectivity index (χ0v) is 23.5. The highest BCUT2D eigenvalue weighted by atomic mass is 16.7. The molecule has 2 aliphatic heterocycles. The molecule has 10 heteroatoms. The number of carbonyl (C=O) groups is 3. The van der Waals surface area contributed by atoms with Crippen molar-refractivity contribution in [3.63, 3.8) is 0 Å². The molecule has 1 saturated heterocycles. The van der Waals surface area contributed by atoms with Gasteiger partial charge in [-0.2, -0.15) is 0 Å². The van der Waals surface area contributed by atoms with Crippen molar-refractivity contribution in [1.82, 2.24) is 0 Å². The van der Waals surface area contributed by atoms with Crippen molar-refractivity contribution in [2.45, 2.75) is 102 Å². The standard InChI is InChI=1S/C30H40O10/c1-14-9-21(37-4)24(33)27(39-14)40-16-5-7-28(2)18(11-16)20(31)12-19-23(28)25(34)26(35)29(3)17(6-8-30(19,29)36)15-10-22(32)38-13-15/h6,10,14,16,18-21,23,25,27,31,34,36H,5,7-9,11-13H2,1-4H3. The highest BCUT2D eigenvalue weighted by molar-refractivity contribution is 5.97. The molecule has 6 rings (SSSR count). The number of ketones is 2. The van der Waals surface area contributed by atoms with Gasteiger partial charge in [-0.3, -0.25) is 9.59 Å². The van der Waals surface area contributed by atoms with Crippen molar-refractivity contribution < 1.29 is 48.7 Å². The molecule has 4 aliphatic carbocycles. The van der Waals surface area contributed by atoms with Gasteiger partial charge in [-0.25, -0.2) is 4.79 Å². The first-order valence-electron chi connectivity index (χ1n) is 14.4. The molecule has 3 N–H and O–H groups in total. The molecule has 12 unspecified atom stereocenters. The van der Waals surface area contributed by atoms with Crippen LogP contribution in [0.2, 0.25) is 0 Å². The second-order valence-corrected chi connectivity index (χ2v) is 13.2. The molecule has 220 valence electrons. The van der Waals surface area contributed by atoms with Crippen LogP contribution in [0.3, 0.4) is 0 Å². The van der Waals surface area contributed by atoms with E-state index in [9.17, 15) is 29.7 Å². The van der Waals surface area contributed by atoms with Crippen LogP contribution in [0.5, 0.6) is 0 Å². The lowest BCUT2D eigenvalue weighted by atomic mass is 9.41. The number of hydrogen-bond donors (Lipinski definition) is 3. The van der Waals surface area contributed by atoms with Crippen LogP contribution in [-0.4, -0.2) is 89.0 Å². The van der Waals surface area contributed by atoms with Gasteiger partial charge >= 0.3 is 5.97 Å². The van der Waals surface area contributed by atoms with Crippen molar-refractivity contribution in [3.05, 3.63) is 23.3 Å². The molecule has 6 aliphatic rings. The fraction of sp³-hybridized carbons (Fsp3) is 0.767. The van der Waals surface area contributed by atoms with E-state index in [1.54, 1.807) is 13.0 Å². The average Bonchev–Trinajstić information content (AvgIpc) is 3.46. The zero-order chi connectivity index (χ0) is 28.8. The normalized spacial score (nSPS) is 50.5. The van der Waals surface area contributed by atoms with Gasteiger partial charge in [-0.05, 0) is 68.8 Å². The van der Waals surface area contributed by atoms with Crippen LogP contribution in [0.15, 0.2) is 23.3 Å². The van der Waals surface area contributed by atoms with Gasteiger partial charge in [0.2, 0.25) is 12.1 Å². The number of Topliss-reactive ketones (excluding diaryl/α,β-unsaturated/α-hetero) is 2. The molecule has 0 aromatic carbocycles. The number of methoxy groups -OCH3 is 1. The van der Waals surface area contributed by atoms with E-state index in [2.05, 4.69) is 0 Å². The minimum atomic E-state index is -1.52. The number of aliphatic hydroxyl groups excluding tert-OH is 2. The highest BCUT2D eigenvalue weighted by Crippen LogP contribution is 2.67. The Labute approximate surface area is 233 Å². The van der Waals surface area contributed by atoms with Crippen LogP contribution in [0, 0.1) is 28.6 Å². The summed E-state index contributed by atoms with van der Waals surface area (Å²) in [6.07, 6.45) is 1.20. The summed E-state index contributed by atoms with van der Waals surface area (Å²) in [5.41, 5.74) is -2.52. The Morgan fingerprint density at radius 3 is 2.50 bits per heavy atom. The van der Waals surface area contributed by atoms with Gasteiger partial charge in [0.25, 0.3) is 0 Å². The quantitative estimate of drug-likeness (QED) is 0.340. The third-order valence-electron chi connectivity index (χ3n) is 11.3. The second kappa shape index (κ2) is 9.54. The summed E-state index contributed by atoms with van der Waals surface area (Å²) in [5, 5.41) is 35.5. The number of rotatable bonds is 4. The smallest absolute Gasteiger partial charge is 0.331 e. The molecule has 12 atom stereocenters. The molecule has 10 nitrogen and oxygen atoms in total. The van der Waals surface area contributed by atoms with Gasteiger partial charge < -0.3 is 34.3 Å². The summed E-state index contributed by atoms with van der Waals surface area (Å²) in [7, 11) is 1.50. The summed E-state index contributed by atoms with van der Waals surface area (Å²) in [6, 6.07) is 0. The van der Waals surface area contributed by atoms with Gasteiger partial charge in [0.05, 0.1) is 29.3 Å². The Bertz CT molecular complexity index is 1180. The van der Waals surface area contributed by atoms with Crippen LogP contribution >= 0.6 is 0 Å². The van der Waals surface area contributed by atoms with E-state index in [0.717, 1.165) is 0 Å². The first kappa shape index (κ1) is 28.2. The number of fused-ring (bicyclic) bond motifs is 5. The minimum absolute atomic E-state index is 0.0225. The molecule has 3 saturated carbocycles. The van der Waals surface area contributed by atoms with Crippen LogP contribution in [0.1, 0.15) is 59.3 Å². The molecule has 0 aromatic heterocycles. The van der Waals surface area contributed by atoms with Crippen LogP contribution < -0.4 is 0 Å². The summed E-state index contributed by atoms with van der Waals surface area (Å²) in [6.45, 7) is 5.54. The fourth-order valence-corrected chi connectivity index (χ4v) is 9.16. The van der Waals surface area contributed by atoms with Crippen LogP contribution in [-0.2, 0) is 33.3 Å². The maximum atomic E-state index is 14.0. The van der Waals surface area contributed by atoms with E-state index in [4.69, 9.17) is 18.9 Å². The van der Waals surface area contributed by atoms with E-state index < -0.39 is 64.6 Å². The summed E-state index contributed by atoms with van der Waals surface area (Å²) in [5.74, 6) is -2.63. The van der Waals surface area contributed by atoms with Gasteiger partial charge in [0.1, 0.15) is 18.8 Å². The lowest BCUT2D eigenvalue weighted by Crippen LogP contribution is -2.72. The van der Waals surface area contributed by atoms with Crippen LogP contribution in [0.25, 0.3) is 0 Å². The maximum absolute atomic E-state index is 14.0. The molecule has 0 radical (unpaired) electrons. The monoisotopic (exact) mass is 560 g/mol. The largest absolute Gasteiger partial charge is 0.458 e.